The highest BCUT2D eigenvalue weighted by atomic mass is 79.9. The molecule has 0 atom stereocenters. The summed E-state index contributed by atoms with van der Waals surface area (Å²) in [6, 6.07) is 7.63. The fourth-order valence-corrected chi connectivity index (χ4v) is 2.28. The zero-order valence-electron chi connectivity index (χ0n) is 9.70. The molecule has 0 aromatic heterocycles. The predicted octanol–water partition coefficient (Wildman–Crippen LogP) is 3.21. The topological polar surface area (TPSA) is 50.1 Å². The largest absolute Gasteiger partial charge is 0.462 e. The van der Waals surface area contributed by atoms with E-state index in [1.54, 1.807) is 13.0 Å². The lowest BCUT2D eigenvalue weighted by Crippen LogP contribution is -2.09. The molecule has 0 aliphatic rings. The van der Waals surface area contributed by atoms with Crippen LogP contribution in [0, 0.1) is 11.3 Å². The molecule has 0 fully saturated rings. The molecule has 3 nitrogen and oxygen atoms in total. The van der Waals surface area contributed by atoms with Crippen LogP contribution >= 0.6 is 15.9 Å². The lowest BCUT2D eigenvalue weighted by Gasteiger charge is -2.11. The molecule has 0 radical (unpaired) electrons. The van der Waals surface area contributed by atoms with Crippen molar-refractivity contribution in [2.75, 3.05) is 6.61 Å². The Bertz CT molecular complexity index is 438. The summed E-state index contributed by atoms with van der Waals surface area (Å²) in [5, 5.41) is 9.19. The Hall–Kier alpha value is -1.34. The molecule has 0 saturated carbocycles. The molecule has 0 aliphatic heterocycles. The number of alkyl halides is 1. The zero-order valence-corrected chi connectivity index (χ0v) is 11.3. The van der Waals surface area contributed by atoms with E-state index in [4.69, 9.17) is 10.00 Å². The van der Waals surface area contributed by atoms with Gasteiger partial charge in [-0.15, -0.1) is 0 Å². The molecular formula is C13H14BrNO2. The SMILES string of the molecule is CCOC(=O)c1cccc(CCC#N)c1CBr. The Kier molecular flexibility index (Phi) is 5.71. The van der Waals surface area contributed by atoms with E-state index in [1.165, 1.54) is 0 Å². The van der Waals surface area contributed by atoms with Crippen LogP contribution in [0.25, 0.3) is 0 Å². The van der Waals surface area contributed by atoms with E-state index < -0.39 is 0 Å². The quantitative estimate of drug-likeness (QED) is 0.619. The van der Waals surface area contributed by atoms with Gasteiger partial charge in [0.1, 0.15) is 0 Å². The zero-order chi connectivity index (χ0) is 12.7. The summed E-state index contributed by atoms with van der Waals surface area (Å²) in [6.07, 6.45) is 1.11. The van der Waals surface area contributed by atoms with Crippen molar-refractivity contribution in [1.29, 1.82) is 5.26 Å². The van der Waals surface area contributed by atoms with Gasteiger partial charge in [-0.2, -0.15) is 5.26 Å². The van der Waals surface area contributed by atoms with Crippen molar-refractivity contribution in [3.05, 3.63) is 34.9 Å². The van der Waals surface area contributed by atoms with Crippen LogP contribution in [0.1, 0.15) is 34.8 Å². The van der Waals surface area contributed by atoms with E-state index in [9.17, 15) is 4.79 Å². The maximum absolute atomic E-state index is 11.7. The Labute approximate surface area is 110 Å². The van der Waals surface area contributed by atoms with Crippen LogP contribution in [-0.2, 0) is 16.5 Å². The van der Waals surface area contributed by atoms with Gasteiger partial charge >= 0.3 is 5.97 Å². The molecule has 0 saturated heterocycles. The van der Waals surface area contributed by atoms with Crippen molar-refractivity contribution < 1.29 is 9.53 Å². The molecule has 0 amide bonds. The number of carbonyl (C=O) groups excluding carboxylic acids is 1. The summed E-state index contributed by atoms with van der Waals surface area (Å²) in [7, 11) is 0. The number of carbonyl (C=O) groups is 1. The number of halogens is 1. The molecule has 0 aliphatic carbocycles. The van der Waals surface area contributed by atoms with Crippen LogP contribution in [0.2, 0.25) is 0 Å². The summed E-state index contributed by atoms with van der Waals surface area (Å²) < 4.78 is 5.01. The summed E-state index contributed by atoms with van der Waals surface area (Å²) in [5.74, 6) is -0.305. The first-order valence-electron chi connectivity index (χ1n) is 5.45. The second kappa shape index (κ2) is 7.08. The average molecular weight is 296 g/mol. The van der Waals surface area contributed by atoms with E-state index in [1.807, 2.05) is 12.1 Å². The number of esters is 1. The van der Waals surface area contributed by atoms with Gasteiger partial charge in [-0.25, -0.2) is 4.79 Å². The molecule has 1 rings (SSSR count). The second-order valence-corrected chi connectivity index (χ2v) is 4.02. The average Bonchev–Trinajstić information content (AvgIpc) is 2.36. The van der Waals surface area contributed by atoms with Gasteiger partial charge < -0.3 is 4.74 Å². The normalized spacial score (nSPS) is 9.71. The van der Waals surface area contributed by atoms with Crippen molar-refractivity contribution in [1.82, 2.24) is 0 Å². The number of benzene rings is 1. The predicted molar refractivity (Wildman–Crippen MR) is 69.0 cm³/mol. The highest BCUT2D eigenvalue weighted by Crippen LogP contribution is 2.20. The molecule has 1 aromatic rings. The molecule has 4 heteroatoms. The number of hydrogen-bond donors (Lipinski definition) is 0. The highest BCUT2D eigenvalue weighted by molar-refractivity contribution is 9.08. The fraction of sp³-hybridized carbons (Fsp3) is 0.385. The van der Waals surface area contributed by atoms with Gasteiger partial charge in [0, 0.05) is 11.8 Å². The number of nitrogens with zero attached hydrogens (tertiary/aromatic N) is 1. The van der Waals surface area contributed by atoms with E-state index in [2.05, 4.69) is 22.0 Å². The van der Waals surface area contributed by atoms with E-state index in [-0.39, 0.29) is 5.97 Å². The Morgan fingerprint density at radius 1 is 1.53 bits per heavy atom. The second-order valence-electron chi connectivity index (χ2n) is 3.46. The van der Waals surface area contributed by atoms with Gasteiger partial charge in [-0.1, -0.05) is 28.1 Å². The molecular weight excluding hydrogens is 282 g/mol. The molecule has 0 spiro atoms. The third kappa shape index (κ3) is 3.57. The van der Waals surface area contributed by atoms with E-state index in [0.29, 0.717) is 30.3 Å². The lowest BCUT2D eigenvalue weighted by atomic mass is 9.99. The lowest BCUT2D eigenvalue weighted by molar-refractivity contribution is 0.0525. The Balaban J connectivity index is 3.05. The first-order valence-corrected chi connectivity index (χ1v) is 6.57. The van der Waals surface area contributed by atoms with Gasteiger partial charge in [0.15, 0.2) is 0 Å². The fourth-order valence-electron chi connectivity index (χ4n) is 1.62. The van der Waals surface area contributed by atoms with Gasteiger partial charge in [-0.05, 0) is 30.5 Å². The number of nitriles is 1. The first kappa shape index (κ1) is 13.7. The van der Waals surface area contributed by atoms with Gasteiger partial charge in [-0.3, -0.25) is 0 Å². The third-order valence-electron chi connectivity index (χ3n) is 2.41. The molecule has 90 valence electrons. The van der Waals surface area contributed by atoms with Gasteiger partial charge in [0.25, 0.3) is 0 Å². The van der Waals surface area contributed by atoms with Crippen molar-refractivity contribution >= 4 is 21.9 Å². The van der Waals surface area contributed by atoms with Gasteiger partial charge in [0.2, 0.25) is 0 Å². The number of hydrogen-bond acceptors (Lipinski definition) is 3. The number of rotatable bonds is 5. The monoisotopic (exact) mass is 295 g/mol. The van der Waals surface area contributed by atoms with Crippen LogP contribution in [-0.4, -0.2) is 12.6 Å². The molecule has 0 unspecified atom stereocenters. The molecule has 1 aromatic carbocycles. The Morgan fingerprint density at radius 2 is 2.29 bits per heavy atom. The van der Waals surface area contributed by atoms with Crippen molar-refractivity contribution in [2.45, 2.75) is 25.1 Å². The molecule has 0 N–H and O–H groups in total. The molecule has 17 heavy (non-hydrogen) atoms. The maximum Gasteiger partial charge on any atom is 0.338 e. The summed E-state index contributed by atoms with van der Waals surface area (Å²) in [5.41, 5.74) is 2.52. The minimum Gasteiger partial charge on any atom is -0.462 e. The van der Waals surface area contributed by atoms with Crippen molar-refractivity contribution in [3.63, 3.8) is 0 Å². The van der Waals surface area contributed by atoms with Crippen LogP contribution in [0.4, 0.5) is 0 Å². The summed E-state index contributed by atoms with van der Waals surface area (Å²) >= 11 is 3.38. The highest BCUT2D eigenvalue weighted by Gasteiger charge is 2.14. The number of aryl methyl sites for hydroxylation is 1. The summed E-state index contributed by atoms with van der Waals surface area (Å²) in [6.45, 7) is 2.15. The van der Waals surface area contributed by atoms with E-state index in [0.717, 1.165) is 11.1 Å². The minimum atomic E-state index is -0.305. The molecule has 0 bridgehead atoms. The minimum absolute atomic E-state index is 0.305. The Morgan fingerprint density at radius 3 is 2.88 bits per heavy atom. The van der Waals surface area contributed by atoms with Crippen LogP contribution < -0.4 is 0 Å². The summed E-state index contributed by atoms with van der Waals surface area (Å²) in [4.78, 5) is 11.7. The van der Waals surface area contributed by atoms with Crippen molar-refractivity contribution in [2.24, 2.45) is 0 Å². The number of ether oxygens (including phenoxy) is 1. The molecule has 0 heterocycles. The third-order valence-corrected chi connectivity index (χ3v) is 2.97. The first-order chi connectivity index (χ1) is 8.24. The van der Waals surface area contributed by atoms with E-state index >= 15 is 0 Å². The maximum atomic E-state index is 11.7. The van der Waals surface area contributed by atoms with Crippen LogP contribution in [0.5, 0.6) is 0 Å². The van der Waals surface area contributed by atoms with Crippen LogP contribution in [0.15, 0.2) is 18.2 Å². The standard InChI is InChI=1S/C13H14BrNO2/c1-2-17-13(16)11-7-3-5-10(6-4-8-15)12(11)9-14/h3,5,7H,2,4,6,9H2,1H3. The smallest absolute Gasteiger partial charge is 0.338 e. The van der Waals surface area contributed by atoms with Crippen molar-refractivity contribution in [3.8, 4) is 6.07 Å². The van der Waals surface area contributed by atoms with Crippen LogP contribution in [0.3, 0.4) is 0 Å². The van der Waals surface area contributed by atoms with Gasteiger partial charge in [0.05, 0.1) is 18.2 Å².